The van der Waals surface area contributed by atoms with Gasteiger partial charge in [-0.25, -0.2) is 9.18 Å². The first-order valence-corrected chi connectivity index (χ1v) is 6.32. The summed E-state index contributed by atoms with van der Waals surface area (Å²) in [5.74, 6) is 0.163. The first-order chi connectivity index (χ1) is 10.1. The van der Waals surface area contributed by atoms with Crippen molar-refractivity contribution in [2.45, 2.75) is 6.10 Å². The predicted molar refractivity (Wildman–Crippen MR) is 68.0 cm³/mol. The molecule has 2 heterocycles. The highest BCUT2D eigenvalue weighted by Gasteiger charge is 2.29. The van der Waals surface area contributed by atoms with Gasteiger partial charge in [0.2, 0.25) is 5.82 Å². The molecule has 1 fully saturated rings. The first-order valence-electron chi connectivity index (χ1n) is 6.32. The maximum absolute atomic E-state index is 12.9. The van der Waals surface area contributed by atoms with E-state index in [1.54, 1.807) is 0 Å². The van der Waals surface area contributed by atoms with Crippen LogP contribution in [0.1, 0.15) is 12.0 Å². The smallest absolute Gasteiger partial charge is 0.407 e. The number of aromatic nitrogens is 2. The van der Waals surface area contributed by atoms with Crippen LogP contribution in [-0.2, 0) is 4.74 Å². The second-order valence-electron chi connectivity index (χ2n) is 4.55. The summed E-state index contributed by atoms with van der Waals surface area (Å²) in [5.41, 5.74) is 0.609. The van der Waals surface area contributed by atoms with Gasteiger partial charge in [0.05, 0.1) is 13.2 Å². The number of nitrogens with zero attached hydrogens (tertiary/aromatic N) is 3. The Hall–Kier alpha value is -2.48. The van der Waals surface area contributed by atoms with Gasteiger partial charge in [-0.1, -0.05) is 5.16 Å². The number of carboxylic acid groups (broad SMARTS) is 1. The van der Waals surface area contributed by atoms with Gasteiger partial charge in [0.15, 0.2) is 6.10 Å². The molecule has 1 aliphatic rings. The number of carbonyl (C=O) groups is 1. The summed E-state index contributed by atoms with van der Waals surface area (Å²) in [6.45, 7) is 0.719. The van der Waals surface area contributed by atoms with Crippen LogP contribution in [0, 0.1) is 5.82 Å². The molecule has 7 nitrogen and oxygen atoms in total. The van der Waals surface area contributed by atoms with Crippen molar-refractivity contribution in [3.63, 3.8) is 0 Å². The van der Waals surface area contributed by atoms with Crippen LogP contribution in [0.2, 0.25) is 0 Å². The van der Waals surface area contributed by atoms with E-state index < -0.39 is 12.2 Å². The SMILES string of the molecule is O=C(O)N1CCOC(c2nc(-c3ccc(F)cc3)no2)C1. The van der Waals surface area contributed by atoms with Crippen molar-refractivity contribution in [1.82, 2.24) is 15.0 Å². The van der Waals surface area contributed by atoms with Crippen LogP contribution in [0.4, 0.5) is 9.18 Å². The van der Waals surface area contributed by atoms with Gasteiger partial charge in [0.1, 0.15) is 5.82 Å². The highest BCUT2D eigenvalue weighted by atomic mass is 19.1. The lowest BCUT2D eigenvalue weighted by atomic mass is 10.2. The Morgan fingerprint density at radius 3 is 2.86 bits per heavy atom. The van der Waals surface area contributed by atoms with E-state index in [1.165, 1.54) is 29.2 Å². The van der Waals surface area contributed by atoms with Crippen LogP contribution in [0.25, 0.3) is 11.4 Å². The maximum atomic E-state index is 12.9. The Labute approximate surface area is 118 Å². The van der Waals surface area contributed by atoms with Crippen molar-refractivity contribution in [2.24, 2.45) is 0 Å². The van der Waals surface area contributed by atoms with Gasteiger partial charge in [-0.3, -0.25) is 0 Å². The molecule has 2 aromatic rings. The van der Waals surface area contributed by atoms with Crippen molar-refractivity contribution in [2.75, 3.05) is 19.7 Å². The summed E-state index contributed by atoms with van der Waals surface area (Å²) in [7, 11) is 0. The third-order valence-corrected chi connectivity index (χ3v) is 3.16. The summed E-state index contributed by atoms with van der Waals surface area (Å²) >= 11 is 0. The molecular weight excluding hydrogens is 281 g/mol. The van der Waals surface area contributed by atoms with Gasteiger partial charge in [-0.2, -0.15) is 4.98 Å². The van der Waals surface area contributed by atoms with Gasteiger partial charge < -0.3 is 19.3 Å². The molecule has 1 atom stereocenters. The van der Waals surface area contributed by atoms with E-state index >= 15 is 0 Å². The fourth-order valence-electron chi connectivity index (χ4n) is 2.05. The highest BCUT2D eigenvalue weighted by molar-refractivity contribution is 5.65. The molecule has 0 radical (unpaired) electrons. The molecule has 1 amide bonds. The topological polar surface area (TPSA) is 88.7 Å². The maximum Gasteiger partial charge on any atom is 0.407 e. The normalized spacial score (nSPS) is 18.7. The zero-order chi connectivity index (χ0) is 14.8. The van der Waals surface area contributed by atoms with E-state index in [1.807, 2.05) is 0 Å². The van der Waals surface area contributed by atoms with Crippen LogP contribution in [0.3, 0.4) is 0 Å². The molecule has 110 valence electrons. The van der Waals surface area contributed by atoms with E-state index in [9.17, 15) is 9.18 Å². The van der Waals surface area contributed by atoms with E-state index in [4.69, 9.17) is 14.4 Å². The second-order valence-corrected chi connectivity index (χ2v) is 4.55. The summed E-state index contributed by atoms with van der Waals surface area (Å²) in [6.07, 6.45) is -1.60. The first kappa shape index (κ1) is 13.5. The molecule has 0 bridgehead atoms. The van der Waals surface area contributed by atoms with Crippen molar-refractivity contribution in [3.8, 4) is 11.4 Å². The molecule has 1 unspecified atom stereocenters. The molecule has 1 aromatic carbocycles. The number of amides is 1. The Balaban J connectivity index is 1.78. The zero-order valence-electron chi connectivity index (χ0n) is 10.9. The number of hydrogen-bond donors (Lipinski definition) is 1. The molecule has 0 saturated carbocycles. The molecule has 1 aromatic heterocycles. The van der Waals surface area contributed by atoms with Crippen LogP contribution in [0.15, 0.2) is 28.8 Å². The zero-order valence-corrected chi connectivity index (χ0v) is 10.9. The average Bonchev–Trinajstić information content (AvgIpc) is 2.98. The van der Waals surface area contributed by atoms with Crippen LogP contribution < -0.4 is 0 Å². The minimum Gasteiger partial charge on any atom is -0.465 e. The number of benzene rings is 1. The number of rotatable bonds is 2. The lowest BCUT2D eigenvalue weighted by molar-refractivity contribution is -0.0377. The van der Waals surface area contributed by atoms with E-state index in [-0.39, 0.29) is 24.9 Å². The summed E-state index contributed by atoms with van der Waals surface area (Å²) < 4.78 is 23.4. The van der Waals surface area contributed by atoms with E-state index in [0.717, 1.165) is 0 Å². The average molecular weight is 293 g/mol. The van der Waals surface area contributed by atoms with Crippen molar-refractivity contribution in [3.05, 3.63) is 36.0 Å². The number of hydrogen-bond acceptors (Lipinski definition) is 5. The highest BCUT2D eigenvalue weighted by Crippen LogP contribution is 2.24. The summed E-state index contributed by atoms with van der Waals surface area (Å²) in [6, 6.07) is 5.67. The number of halogens is 1. The van der Waals surface area contributed by atoms with Crippen molar-refractivity contribution >= 4 is 6.09 Å². The lowest BCUT2D eigenvalue weighted by Crippen LogP contribution is -2.41. The molecule has 21 heavy (non-hydrogen) atoms. The quantitative estimate of drug-likeness (QED) is 0.910. The largest absolute Gasteiger partial charge is 0.465 e. The van der Waals surface area contributed by atoms with E-state index in [2.05, 4.69) is 10.1 Å². The molecule has 1 N–H and O–H groups in total. The number of morpholine rings is 1. The summed E-state index contributed by atoms with van der Waals surface area (Å²) in [4.78, 5) is 16.4. The standard InChI is InChI=1S/C13H12FN3O4/c14-9-3-1-8(2-4-9)11-15-12(21-16-11)10-7-17(13(18)19)5-6-20-10/h1-4,10H,5-7H2,(H,18,19). The fraction of sp³-hybridized carbons (Fsp3) is 0.308. The Morgan fingerprint density at radius 1 is 1.38 bits per heavy atom. The van der Waals surface area contributed by atoms with Crippen molar-refractivity contribution in [1.29, 1.82) is 0 Å². The minimum absolute atomic E-state index is 0.139. The van der Waals surface area contributed by atoms with Gasteiger partial charge in [-0.15, -0.1) is 0 Å². The Morgan fingerprint density at radius 2 is 2.14 bits per heavy atom. The third-order valence-electron chi connectivity index (χ3n) is 3.16. The predicted octanol–water partition coefficient (Wildman–Crippen LogP) is 1.93. The molecule has 0 spiro atoms. The van der Waals surface area contributed by atoms with Gasteiger partial charge in [-0.05, 0) is 24.3 Å². The number of ether oxygens (including phenoxy) is 1. The van der Waals surface area contributed by atoms with Gasteiger partial charge >= 0.3 is 6.09 Å². The second kappa shape index (κ2) is 5.49. The van der Waals surface area contributed by atoms with Crippen LogP contribution in [0.5, 0.6) is 0 Å². The molecule has 8 heteroatoms. The van der Waals surface area contributed by atoms with Gasteiger partial charge in [0.25, 0.3) is 5.89 Å². The Bertz CT molecular complexity index is 643. The molecule has 1 saturated heterocycles. The summed E-state index contributed by atoms with van der Waals surface area (Å²) in [5, 5.41) is 12.8. The van der Waals surface area contributed by atoms with Crippen molar-refractivity contribution < 1.29 is 23.6 Å². The third kappa shape index (κ3) is 2.84. The molecular formula is C13H12FN3O4. The van der Waals surface area contributed by atoms with E-state index in [0.29, 0.717) is 17.9 Å². The molecule has 3 rings (SSSR count). The molecule has 1 aliphatic heterocycles. The fourth-order valence-corrected chi connectivity index (χ4v) is 2.05. The monoisotopic (exact) mass is 293 g/mol. The lowest BCUT2D eigenvalue weighted by Gasteiger charge is -2.28. The molecule has 0 aliphatic carbocycles. The van der Waals surface area contributed by atoms with Crippen LogP contribution in [-0.4, -0.2) is 45.9 Å². The van der Waals surface area contributed by atoms with Crippen LogP contribution >= 0.6 is 0 Å². The minimum atomic E-state index is -1.01. The van der Waals surface area contributed by atoms with Gasteiger partial charge in [0, 0.05) is 12.1 Å². The Kier molecular flexibility index (Phi) is 3.53.